The van der Waals surface area contributed by atoms with Crippen LogP contribution in [0, 0.1) is 5.41 Å². The fraction of sp³-hybridized carbons (Fsp3) is 0.783. The molecule has 0 atom stereocenters. The number of piperidine rings is 1. The first-order valence-corrected chi connectivity index (χ1v) is 11.8. The van der Waals surface area contributed by atoms with Crippen molar-refractivity contribution in [1.29, 1.82) is 0 Å². The van der Waals surface area contributed by atoms with E-state index in [1.165, 1.54) is 0 Å². The first-order chi connectivity index (χ1) is 14.8. The highest BCUT2D eigenvalue weighted by molar-refractivity contribution is 5.68. The van der Waals surface area contributed by atoms with Crippen molar-refractivity contribution in [2.45, 2.75) is 52.6 Å². The molecule has 1 aromatic rings. The molecule has 172 valence electrons. The lowest BCUT2D eigenvalue weighted by atomic mass is 9.78. The van der Waals surface area contributed by atoms with Crippen LogP contribution in [0.15, 0.2) is 12.4 Å². The zero-order valence-electron chi connectivity index (χ0n) is 19.6. The van der Waals surface area contributed by atoms with Gasteiger partial charge in [-0.05, 0) is 52.0 Å². The van der Waals surface area contributed by atoms with Crippen molar-refractivity contribution in [2.24, 2.45) is 5.41 Å². The molecule has 31 heavy (non-hydrogen) atoms. The van der Waals surface area contributed by atoms with Crippen molar-refractivity contribution in [1.82, 2.24) is 19.8 Å². The summed E-state index contributed by atoms with van der Waals surface area (Å²) in [6, 6.07) is 2.16. The summed E-state index contributed by atoms with van der Waals surface area (Å²) >= 11 is 0. The number of carbonyl (C=O) groups is 1. The Morgan fingerprint density at radius 3 is 2.19 bits per heavy atom. The molecule has 0 saturated carbocycles. The van der Waals surface area contributed by atoms with Crippen LogP contribution in [0.25, 0.3) is 0 Å². The smallest absolute Gasteiger partial charge is 0.410 e. The largest absolute Gasteiger partial charge is 0.444 e. The number of hydrogen-bond acceptors (Lipinski definition) is 7. The van der Waals surface area contributed by atoms with E-state index >= 15 is 0 Å². The zero-order chi connectivity index (χ0) is 22.1. The summed E-state index contributed by atoms with van der Waals surface area (Å²) in [6.45, 7) is 16.9. The van der Waals surface area contributed by atoms with E-state index in [1.54, 1.807) is 6.33 Å². The fourth-order valence-electron chi connectivity index (χ4n) is 5.01. The number of nitrogens with zero attached hydrogens (tertiary/aromatic N) is 6. The molecule has 3 aliphatic rings. The molecular weight excluding hydrogens is 392 g/mol. The van der Waals surface area contributed by atoms with Crippen molar-refractivity contribution < 1.29 is 9.53 Å². The van der Waals surface area contributed by atoms with Gasteiger partial charge >= 0.3 is 6.09 Å². The summed E-state index contributed by atoms with van der Waals surface area (Å²) in [5.74, 6) is 2.08. The molecule has 0 aliphatic carbocycles. The standard InChI is InChI=1S/C23H38N6O2/c1-5-26-12-14-27(15-13-26)19-16-20(25-18-24-19)29-11-8-23(17-29)6-9-28(10-7-23)21(30)31-22(2,3)4/h16,18H,5-15,17H2,1-4H3. The third-order valence-corrected chi connectivity index (χ3v) is 7.02. The van der Waals surface area contributed by atoms with E-state index in [-0.39, 0.29) is 11.5 Å². The maximum Gasteiger partial charge on any atom is 0.410 e. The van der Waals surface area contributed by atoms with E-state index in [0.717, 1.165) is 89.8 Å². The molecule has 3 saturated heterocycles. The van der Waals surface area contributed by atoms with Crippen molar-refractivity contribution in [2.75, 3.05) is 68.7 Å². The molecule has 8 nitrogen and oxygen atoms in total. The van der Waals surface area contributed by atoms with E-state index in [0.29, 0.717) is 0 Å². The molecule has 1 spiro atoms. The quantitative estimate of drug-likeness (QED) is 0.731. The third-order valence-electron chi connectivity index (χ3n) is 7.02. The van der Waals surface area contributed by atoms with E-state index in [1.807, 2.05) is 25.7 Å². The Labute approximate surface area is 186 Å². The summed E-state index contributed by atoms with van der Waals surface area (Å²) in [5, 5.41) is 0. The van der Waals surface area contributed by atoms with Gasteiger partial charge in [0, 0.05) is 58.4 Å². The van der Waals surface area contributed by atoms with Crippen LogP contribution in [-0.2, 0) is 4.74 Å². The monoisotopic (exact) mass is 430 g/mol. The van der Waals surface area contributed by atoms with Crippen LogP contribution in [0.5, 0.6) is 0 Å². The first kappa shape index (κ1) is 22.1. The second-order valence-corrected chi connectivity index (χ2v) is 10.3. The van der Waals surface area contributed by atoms with E-state index < -0.39 is 5.60 Å². The molecular formula is C23H38N6O2. The Bertz CT molecular complexity index is 764. The van der Waals surface area contributed by atoms with Crippen LogP contribution in [0.1, 0.15) is 47.0 Å². The Hall–Kier alpha value is -2.09. The molecule has 1 aromatic heterocycles. The number of amides is 1. The Balaban J connectivity index is 1.34. The SMILES string of the molecule is CCN1CCN(c2cc(N3CCC4(CCN(C(=O)OC(C)(C)C)CC4)C3)ncn2)CC1. The summed E-state index contributed by atoms with van der Waals surface area (Å²) in [5.41, 5.74) is -0.166. The Morgan fingerprint density at radius 1 is 0.968 bits per heavy atom. The lowest BCUT2D eigenvalue weighted by Gasteiger charge is -2.39. The van der Waals surface area contributed by atoms with Crippen LogP contribution < -0.4 is 9.80 Å². The second-order valence-electron chi connectivity index (χ2n) is 10.3. The Morgan fingerprint density at radius 2 is 1.58 bits per heavy atom. The highest BCUT2D eigenvalue weighted by Crippen LogP contribution is 2.42. The number of ether oxygens (including phenoxy) is 1. The number of anilines is 2. The van der Waals surface area contributed by atoms with Crippen molar-refractivity contribution in [3.63, 3.8) is 0 Å². The molecule has 0 N–H and O–H groups in total. The Kier molecular flexibility index (Phi) is 6.28. The fourth-order valence-corrected chi connectivity index (χ4v) is 5.01. The van der Waals surface area contributed by atoms with Gasteiger partial charge in [0.2, 0.25) is 0 Å². The minimum atomic E-state index is -0.440. The van der Waals surface area contributed by atoms with Crippen LogP contribution >= 0.6 is 0 Å². The second kappa shape index (κ2) is 8.81. The normalized spacial score (nSPS) is 22.3. The van der Waals surface area contributed by atoms with Crippen molar-refractivity contribution in [3.8, 4) is 0 Å². The number of carbonyl (C=O) groups excluding carboxylic acids is 1. The lowest BCUT2D eigenvalue weighted by Crippen LogP contribution is -2.46. The van der Waals surface area contributed by atoms with Crippen LogP contribution in [0.2, 0.25) is 0 Å². The average molecular weight is 431 g/mol. The van der Waals surface area contributed by atoms with Crippen LogP contribution in [0.3, 0.4) is 0 Å². The van der Waals surface area contributed by atoms with Gasteiger partial charge in [0.25, 0.3) is 0 Å². The maximum absolute atomic E-state index is 12.4. The number of rotatable bonds is 3. The van der Waals surface area contributed by atoms with Gasteiger partial charge in [0.05, 0.1) is 0 Å². The highest BCUT2D eigenvalue weighted by atomic mass is 16.6. The van der Waals surface area contributed by atoms with E-state index in [9.17, 15) is 4.79 Å². The van der Waals surface area contributed by atoms with Gasteiger partial charge < -0.3 is 24.3 Å². The number of hydrogen-bond donors (Lipinski definition) is 0. The highest BCUT2D eigenvalue weighted by Gasteiger charge is 2.42. The van der Waals surface area contributed by atoms with Gasteiger partial charge in [0.15, 0.2) is 0 Å². The molecule has 8 heteroatoms. The minimum absolute atomic E-state index is 0.180. The number of likely N-dealkylation sites (N-methyl/N-ethyl adjacent to an activating group) is 1. The average Bonchev–Trinajstić information content (AvgIpc) is 3.17. The zero-order valence-corrected chi connectivity index (χ0v) is 19.6. The van der Waals surface area contributed by atoms with Crippen LogP contribution in [-0.4, -0.2) is 90.4 Å². The van der Waals surface area contributed by atoms with Gasteiger partial charge in [-0.25, -0.2) is 14.8 Å². The lowest BCUT2D eigenvalue weighted by molar-refractivity contribution is 0.0122. The minimum Gasteiger partial charge on any atom is -0.444 e. The predicted molar refractivity (Wildman–Crippen MR) is 123 cm³/mol. The number of aromatic nitrogens is 2. The van der Waals surface area contributed by atoms with E-state index in [4.69, 9.17) is 4.74 Å². The molecule has 3 fully saturated rings. The summed E-state index contributed by atoms with van der Waals surface area (Å²) in [6.07, 6.45) is 4.75. The third kappa shape index (κ3) is 5.22. The van der Waals surface area contributed by atoms with Crippen molar-refractivity contribution in [3.05, 3.63) is 12.4 Å². The molecule has 4 heterocycles. The summed E-state index contributed by atoms with van der Waals surface area (Å²) < 4.78 is 5.56. The maximum atomic E-state index is 12.4. The molecule has 0 unspecified atom stereocenters. The number of likely N-dealkylation sites (tertiary alicyclic amines) is 1. The van der Waals surface area contributed by atoms with E-state index in [2.05, 4.69) is 37.7 Å². The summed E-state index contributed by atoms with van der Waals surface area (Å²) in [7, 11) is 0. The molecule has 0 aromatic carbocycles. The molecule has 3 aliphatic heterocycles. The van der Waals surface area contributed by atoms with Gasteiger partial charge in [-0.1, -0.05) is 6.92 Å². The van der Waals surface area contributed by atoms with Gasteiger partial charge in [-0.2, -0.15) is 0 Å². The molecule has 4 rings (SSSR count). The molecule has 1 amide bonds. The number of piperazine rings is 1. The van der Waals surface area contributed by atoms with Gasteiger partial charge in [-0.3, -0.25) is 0 Å². The summed E-state index contributed by atoms with van der Waals surface area (Å²) in [4.78, 5) is 30.7. The van der Waals surface area contributed by atoms with Gasteiger partial charge in [-0.15, -0.1) is 0 Å². The predicted octanol–water partition coefficient (Wildman–Crippen LogP) is 2.85. The van der Waals surface area contributed by atoms with Crippen molar-refractivity contribution >= 4 is 17.7 Å². The topological polar surface area (TPSA) is 65.0 Å². The molecule has 0 bridgehead atoms. The van der Waals surface area contributed by atoms with Crippen LogP contribution in [0.4, 0.5) is 16.4 Å². The molecule has 0 radical (unpaired) electrons. The van der Waals surface area contributed by atoms with Gasteiger partial charge in [0.1, 0.15) is 23.6 Å². The first-order valence-electron chi connectivity index (χ1n) is 11.8.